The van der Waals surface area contributed by atoms with E-state index in [9.17, 15) is 4.79 Å². The molecule has 3 rings (SSSR count). The molecule has 0 saturated carbocycles. The molecule has 0 fully saturated rings. The molecule has 0 aliphatic rings. The molecule has 1 unspecified atom stereocenters. The minimum Gasteiger partial charge on any atom is -0.469 e. The van der Waals surface area contributed by atoms with Crippen LogP contribution in [0.25, 0.3) is 11.4 Å². The molecule has 1 aromatic carbocycles. The lowest BCUT2D eigenvalue weighted by Gasteiger charge is -2.11. The van der Waals surface area contributed by atoms with E-state index in [2.05, 4.69) is 32.7 Å². The third-order valence-corrected chi connectivity index (χ3v) is 5.52. The van der Waals surface area contributed by atoms with E-state index in [0.717, 1.165) is 15.8 Å². The number of hydrogen-bond acceptors (Lipinski definition) is 5. The van der Waals surface area contributed by atoms with Crippen molar-refractivity contribution in [1.29, 1.82) is 0 Å². The van der Waals surface area contributed by atoms with Crippen LogP contribution in [0.5, 0.6) is 0 Å². The Morgan fingerprint density at radius 3 is 2.69 bits per heavy atom. The standard InChI is InChI=1S/C19H18BrN3O2S/c1-4-10-23-18(16-9-11-25-12(16)2)21-22-19(23)26-13(3)17(24)14-5-7-15(20)8-6-14/h4-9,11,13H,1,10H2,2-3H3. The summed E-state index contributed by atoms with van der Waals surface area (Å²) in [7, 11) is 0. The Morgan fingerprint density at radius 1 is 1.35 bits per heavy atom. The number of aromatic nitrogens is 3. The first kappa shape index (κ1) is 18.7. The van der Waals surface area contributed by atoms with Crippen LogP contribution in [0.1, 0.15) is 23.0 Å². The van der Waals surface area contributed by atoms with Crippen LogP contribution in [0.15, 0.2) is 63.3 Å². The molecule has 2 heterocycles. The van der Waals surface area contributed by atoms with Gasteiger partial charge in [-0.2, -0.15) is 0 Å². The number of Topliss-reactive ketones (excluding diaryl/α,β-unsaturated/α-hetero) is 1. The number of aryl methyl sites for hydroxylation is 1. The summed E-state index contributed by atoms with van der Waals surface area (Å²) >= 11 is 4.78. The number of ketones is 1. The topological polar surface area (TPSA) is 60.9 Å². The van der Waals surface area contributed by atoms with Gasteiger partial charge in [-0.1, -0.05) is 45.9 Å². The summed E-state index contributed by atoms with van der Waals surface area (Å²) < 4.78 is 8.27. The van der Waals surface area contributed by atoms with E-state index >= 15 is 0 Å². The zero-order chi connectivity index (χ0) is 18.7. The number of furan rings is 1. The third-order valence-electron chi connectivity index (χ3n) is 3.91. The number of carbonyl (C=O) groups excluding carboxylic acids is 1. The van der Waals surface area contributed by atoms with Crippen molar-refractivity contribution in [1.82, 2.24) is 14.8 Å². The maximum absolute atomic E-state index is 12.7. The molecule has 5 nitrogen and oxygen atoms in total. The van der Waals surface area contributed by atoms with Crippen LogP contribution in [0.3, 0.4) is 0 Å². The molecular weight excluding hydrogens is 414 g/mol. The van der Waals surface area contributed by atoms with Crippen molar-refractivity contribution in [2.45, 2.75) is 30.8 Å². The highest BCUT2D eigenvalue weighted by molar-refractivity contribution is 9.10. The van der Waals surface area contributed by atoms with Crippen molar-refractivity contribution >= 4 is 33.5 Å². The first-order valence-corrected chi connectivity index (χ1v) is 9.73. The summed E-state index contributed by atoms with van der Waals surface area (Å²) in [6, 6.07) is 9.23. The molecule has 1 atom stereocenters. The van der Waals surface area contributed by atoms with Crippen molar-refractivity contribution in [2.75, 3.05) is 0 Å². The molecule has 0 spiro atoms. The molecule has 0 bridgehead atoms. The molecule has 0 radical (unpaired) electrons. The second-order valence-corrected chi connectivity index (χ2v) is 7.95. The lowest BCUT2D eigenvalue weighted by atomic mass is 10.1. The van der Waals surface area contributed by atoms with Gasteiger partial charge < -0.3 is 4.42 Å². The van der Waals surface area contributed by atoms with Crippen LogP contribution >= 0.6 is 27.7 Å². The van der Waals surface area contributed by atoms with Gasteiger partial charge in [0, 0.05) is 16.6 Å². The second kappa shape index (κ2) is 8.05. The quantitative estimate of drug-likeness (QED) is 0.293. The van der Waals surface area contributed by atoms with Crippen LogP contribution < -0.4 is 0 Å². The molecule has 7 heteroatoms. The first-order chi connectivity index (χ1) is 12.5. The van der Waals surface area contributed by atoms with Crippen LogP contribution in [0, 0.1) is 6.92 Å². The van der Waals surface area contributed by atoms with Gasteiger partial charge in [0.15, 0.2) is 16.8 Å². The number of hydrogen-bond donors (Lipinski definition) is 0. The Bertz CT molecular complexity index is 931. The largest absolute Gasteiger partial charge is 0.469 e. The van der Waals surface area contributed by atoms with Gasteiger partial charge >= 0.3 is 0 Å². The molecule has 0 aliphatic heterocycles. The van der Waals surface area contributed by atoms with E-state index in [1.165, 1.54) is 11.8 Å². The second-order valence-electron chi connectivity index (χ2n) is 5.73. The zero-order valence-corrected chi connectivity index (χ0v) is 16.9. The molecule has 0 N–H and O–H groups in total. The SMILES string of the molecule is C=CCn1c(SC(C)C(=O)c2ccc(Br)cc2)nnc1-c1ccoc1C. The number of benzene rings is 1. The summed E-state index contributed by atoms with van der Waals surface area (Å²) in [5.74, 6) is 1.54. The van der Waals surface area contributed by atoms with Crippen molar-refractivity contribution in [3.63, 3.8) is 0 Å². The number of rotatable bonds is 7. The monoisotopic (exact) mass is 431 g/mol. The Labute approximate surface area is 164 Å². The maximum Gasteiger partial charge on any atom is 0.192 e. The number of thioether (sulfide) groups is 1. The number of halogens is 1. The van der Waals surface area contributed by atoms with E-state index in [-0.39, 0.29) is 11.0 Å². The molecule has 134 valence electrons. The van der Waals surface area contributed by atoms with Gasteiger partial charge in [-0.3, -0.25) is 9.36 Å². The average Bonchev–Trinajstić information content (AvgIpc) is 3.21. The number of allylic oxidation sites excluding steroid dienone is 1. The van der Waals surface area contributed by atoms with Crippen molar-refractivity contribution in [3.05, 3.63) is 65.0 Å². The normalized spacial score (nSPS) is 12.1. The van der Waals surface area contributed by atoms with Crippen molar-refractivity contribution in [3.8, 4) is 11.4 Å². The number of carbonyl (C=O) groups is 1. The molecule has 26 heavy (non-hydrogen) atoms. The minimum atomic E-state index is -0.290. The molecule has 0 amide bonds. The molecule has 2 aromatic heterocycles. The predicted molar refractivity (Wildman–Crippen MR) is 106 cm³/mol. The summed E-state index contributed by atoms with van der Waals surface area (Å²) in [5, 5.41) is 8.98. The van der Waals surface area contributed by atoms with Crippen LogP contribution in [0.4, 0.5) is 0 Å². The lowest BCUT2D eigenvalue weighted by Crippen LogP contribution is -2.14. The predicted octanol–water partition coefficient (Wildman–Crippen LogP) is 5.16. The van der Waals surface area contributed by atoms with Gasteiger partial charge in [0.2, 0.25) is 0 Å². The van der Waals surface area contributed by atoms with Gasteiger partial charge in [-0.15, -0.1) is 16.8 Å². The minimum absolute atomic E-state index is 0.0525. The van der Waals surface area contributed by atoms with Gasteiger partial charge in [0.25, 0.3) is 0 Å². The number of nitrogens with zero attached hydrogens (tertiary/aromatic N) is 3. The van der Waals surface area contributed by atoms with E-state index in [0.29, 0.717) is 23.1 Å². The highest BCUT2D eigenvalue weighted by atomic mass is 79.9. The Balaban J connectivity index is 1.86. The summed E-state index contributed by atoms with van der Waals surface area (Å²) in [4.78, 5) is 12.7. The summed E-state index contributed by atoms with van der Waals surface area (Å²) in [6.45, 7) is 8.12. The molecule has 3 aromatic rings. The maximum atomic E-state index is 12.7. The van der Waals surface area contributed by atoms with Gasteiger partial charge in [0.1, 0.15) is 5.76 Å². The fourth-order valence-corrected chi connectivity index (χ4v) is 3.75. The van der Waals surface area contributed by atoms with E-state index < -0.39 is 0 Å². The van der Waals surface area contributed by atoms with Gasteiger partial charge in [0.05, 0.1) is 17.1 Å². The molecule has 0 saturated heterocycles. The third kappa shape index (κ3) is 3.83. The van der Waals surface area contributed by atoms with Crippen LogP contribution in [0.2, 0.25) is 0 Å². The highest BCUT2D eigenvalue weighted by Gasteiger charge is 2.22. The van der Waals surface area contributed by atoms with Gasteiger partial charge in [-0.25, -0.2) is 0 Å². The first-order valence-electron chi connectivity index (χ1n) is 8.06. The van der Waals surface area contributed by atoms with Crippen LogP contribution in [-0.2, 0) is 6.54 Å². The Morgan fingerprint density at radius 2 is 2.08 bits per heavy atom. The van der Waals surface area contributed by atoms with Crippen molar-refractivity contribution < 1.29 is 9.21 Å². The fourth-order valence-electron chi connectivity index (χ4n) is 2.55. The lowest BCUT2D eigenvalue weighted by molar-refractivity contribution is 0.0994. The Kier molecular flexibility index (Phi) is 5.78. The van der Waals surface area contributed by atoms with Crippen LogP contribution in [-0.4, -0.2) is 25.8 Å². The fraction of sp³-hybridized carbons (Fsp3) is 0.211. The van der Waals surface area contributed by atoms with E-state index in [4.69, 9.17) is 4.42 Å². The van der Waals surface area contributed by atoms with Crippen molar-refractivity contribution in [2.24, 2.45) is 0 Å². The van der Waals surface area contributed by atoms with E-state index in [1.54, 1.807) is 12.3 Å². The van der Waals surface area contributed by atoms with E-state index in [1.807, 2.05) is 48.7 Å². The molecular formula is C19H18BrN3O2S. The zero-order valence-electron chi connectivity index (χ0n) is 14.5. The average molecular weight is 432 g/mol. The highest BCUT2D eigenvalue weighted by Crippen LogP contribution is 2.30. The van der Waals surface area contributed by atoms with Gasteiger partial charge in [-0.05, 0) is 32.0 Å². The summed E-state index contributed by atoms with van der Waals surface area (Å²) in [6.07, 6.45) is 3.41. The smallest absolute Gasteiger partial charge is 0.192 e. The molecule has 0 aliphatic carbocycles. The Hall–Kier alpha value is -2.12. The summed E-state index contributed by atoms with van der Waals surface area (Å²) in [5.41, 5.74) is 1.56.